The van der Waals surface area contributed by atoms with Gasteiger partial charge >= 0.3 is 5.97 Å². The quantitative estimate of drug-likeness (QED) is 0.512. The molecule has 100 valence electrons. The number of carbonyl (C=O) groups excluding carboxylic acids is 1. The summed E-state index contributed by atoms with van der Waals surface area (Å²) in [7, 11) is -1.22. The standard InChI is InChI=1S/C8H17N3O5S/c1-6(8(14)9-2)10-17(15,16)11(3)5-4-7(12)13/h6,10H,4-5H2,1-3H3,(H,9,14)(H,12,13). The molecule has 0 bridgehead atoms. The lowest BCUT2D eigenvalue weighted by atomic mass is 10.3. The maximum atomic E-state index is 11.6. The molecule has 0 spiro atoms. The SMILES string of the molecule is CNC(=O)C(C)NS(=O)(=O)N(C)CCC(=O)O. The second kappa shape index (κ2) is 6.52. The van der Waals surface area contributed by atoms with E-state index in [1.165, 1.54) is 21.0 Å². The summed E-state index contributed by atoms with van der Waals surface area (Å²) in [4.78, 5) is 21.4. The largest absolute Gasteiger partial charge is 0.481 e. The molecule has 9 heteroatoms. The van der Waals surface area contributed by atoms with Gasteiger partial charge in [0.1, 0.15) is 0 Å². The van der Waals surface area contributed by atoms with Gasteiger partial charge in [0.15, 0.2) is 0 Å². The zero-order valence-electron chi connectivity index (χ0n) is 9.93. The molecule has 0 aromatic rings. The number of hydrogen-bond acceptors (Lipinski definition) is 4. The highest BCUT2D eigenvalue weighted by Gasteiger charge is 2.23. The van der Waals surface area contributed by atoms with Crippen LogP contribution in [0.1, 0.15) is 13.3 Å². The van der Waals surface area contributed by atoms with Crippen molar-refractivity contribution >= 4 is 22.1 Å². The van der Waals surface area contributed by atoms with Crippen molar-refractivity contribution in [1.82, 2.24) is 14.3 Å². The molecule has 0 rings (SSSR count). The van der Waals surface area contributed by atoms with Gasteiger partial charge in [0.25, 0.3) is 10.2 Å². The van der Waals surface area contributed by atoms with E-state index in [1.807, 2.05) is 0 Å². The van der Waals surface area contributed by atoms with Crippen LogP contribution in [0.15, 0.2) is 0 Å². The number of carbonyl (C=O) groups is 2. The van der Waals surface area contributed by atoms with E-state index in [-0.39, 0.29) is 13.0 Å². The van der Waals surface area contributed by atoms with Crippen molar-refractivity contribution in [2.45, 2.75) is 19.4 Å². The van der Waals surface area contributed by atoms with E-state index in [0.29, 0.717) is 0 Å². The van der Waals surface area contributed by atoms with Crippen LogP contribution in [0.5, 0.6) is 0 Å². The molecule has 0 aromatic carbocycles. The van der Waals surface area contributed by atoms with E-state index in [2.05, 4.69) is 10.0 Å². The van der Waals surface area contributed by atoms with Crippen molar-refractivity contribution in [3.05, 3.63) is 0 Å². The highest BCUT2D eigenvalue weighted by atomic mass is 32.2. The first-order valence-corrected chi connectivity index (χ1v) is 6.31. The third-order valence-corrected chi connectivity index (χ3v) is 3.67. The van der Waals surface area contributed by atoms with Crippen LogP contribution < -0.4 is 10.0 Å². The third-order valence-electron chi connectivity index (χ3n) is 2.02. The molecule has 0 radical (unpaired) electrons. The van der Waals surface area contributed by atoms with Crippen LogP contribution in [0.4, 0.5) is 0 Å². The summed E-state index contributed by atoms with van der Waals surface area (Å²) in [5, 5.41) is 10.7. The number of carboxylic acid groups (broad SMARTS) is 1. The molecule has 17 heavy (non-hydrogen) atoms. The number of carboxylic acids is 1. The molecule has 0 saturated heterocycles. The lowest BCUT2D eigenvalue weighted by Gasteiger charge is -2.19. The van der Waals surface area contributed by atoms with Gasteiger partial charge in [0, 0.05) is 20.6 Å². The van der Waals surface area contributed by atoms with E-state index in [9.17, 15) is 18.0 Å². The van der Waals surface area contributed by atoms with E-state index in [1.54, 1.807) is 0 Å². The Kier molecular flexibility index (Phi) is 6.07. The Morgan fingerprint density at radius 3 is 2.35 bits per heavy atom. The van der Waals surface area contributed by atoms with Crippen molar-refractivity contribution < 1.29 is 23.1 Å². The van der Waals surface area contributed by atoms with Gasteiger partial charge in [-0.05, 0) is 6.92 Å². The Morgan fingerprint density at radius 1 is 1.41 bits per heavy atom. The number of nitrogens with one attached hydrogen (secondary N) is 2. The fourth-order valence-electron chi connectivity index (χ4n) is 0.957. The van der Waals surface area contributed by atoms with Crippen LogP contribution in [0, 0.1) is 0 Å². The van der Waals surface area contributed by atoms with E-state index < -0.39 is 28.1 Å². The Balaban J connectivity index is 4.46. The van der Waals surface area contributed by atoms with Crippen molar-refractivity contribution in [1.29, 1.82) is 0 Å². The topological polar surface area (TPSA) is 116 Å². The Labute approximate surface area is 100 Å². The minimum Gasteiger partial charge on any atom is -0.481 e. The number of rotatable bonds is 7. The summed E-state index contributed by atoms with van der Waals surface area (Å²) in [6, 6.07) is -0.919. The van der Waals surface area contributed by atoms with E-state index in [4.69, 9.17) is 5.11 Å². The van der Waals surface area contributed by atoms with Crippen molar-refractivity contribution in [3.63, 3.8) is 0 Å². The molecule has 1 atom stereocenters. The van der Waals surface area contributed by atoms with Crippen LogP contribution in [0.25, 0.3) is 0 Å². The molecule has 0 aliphatic heterocycles. The maximum Gasteiger partial charge on any atom is 0.304 e. The molecule has 0 aliphatic rings. The molecule has 0 heterocycles. The first kappa shape index (κ1) is 15.8. The third kappa shape index (κ3) is 5.61. The lowest BCUT2D eigenvalue weighted by Crippen LogP contribution is -2.48. The van der Waals surface area contributed by atoms with E-state index in [0.717, 1.165) is 4.31 Å². The van der Waals surface area contributed by atoms with Gasteiger partial charge in [-0.2, -0.15) is 17.4 Å². The van der Waals surface area contributed by atoms with Gasteiger partial charge in [0.05, 0.1) is 12.5 Å². The van der Waals surface area contributed by atoms with Crippen LogP contribution in [0.3, 0.4) is 0 Å². The number of likely N-dealkylation sites (N-methyl/N-ethyl adjacent to an activating group) is 1. The molecule has 0 saturated carbocycles. The fraction of sp³-hybridized carbons (Fsp3) is 0.750. The summed E-state index contributed by atoms with van der Waals surface area (Å²) in [5.41, 5.74) is 0. The zero-order valence-corrected chi connectivity index (χ0v) is 10.7. The number of nitrogens with zero attached hydrogens (tertiary/aromatic N) is 1. The molecule has 0 aromatic heterocycles. The Hall–Kier alpha value is -1.19. The summed E-state index contributed by atoms with van der Waals surface area (Å²) in [6.45, 7) is 1.23. The molecule has 8 nitrogen and oxygen atoms in total. The number of hydrogen-bond donors (Lipinski definition) is 3. The van der Waals surface area contributed by atoms with Gasteiger partial charge < -0.3 is 10.4 Å². The van der Waals surface area contributed by atoms with Crippen LogP contribution in [0.2, 0.25) is 0 Å². The van der Waals surface area contributed by atoms with Gasteiger partial charge in [-0.15, -0.1) is 0 Å². The average molecular weight is 267 g/mol. The van der Waals surface area contributed by atoms with Crippen LogP contribution in [-0.2, 0) is 19.8 Å². The predicted octanol–water partition coefficient (Wildman–Crippen LogP) is -1.64. The molecule has 0 aliphatic carbocycles. The van der Waals surface area contributed by atoms with Gasteiger partial charge in [-0.1, -0.05) is 0 Å². The fourth-order valence-corrected chi connectivity index (χ4v) is 2.02. The predicted molar refractivity (Wildman–Crippen MR) is 60.5 cm³/mol. The highest BCUT2D eigenvalue weighted by molar-refractivity contribution is 7.87. The smallest absolute Gasteiger partial charge is 0.304 e. The minimum atomic E-state index is -3.85. The Morgan fingerprint density at radius 2 is 1.94 bits per heavy atom. The molecular weight excluding hydrogens is 250 g/mol. The normalized spacial score (nSPS) is 13.4. The average Bonchev–Trinajstić information content (AvgIpc) is 2.23. The van der Waals surface area contributed by atoms with Gasteiger partial charge in [-0.25, -0.2) is 0 Å². The number of aliphatic carboxylic acids is 1. The first-order chi connectivity index (χ1) is 7.70. The number of amides is 1. The minimum absolute atomic E-state index is 0.162. The van der Waals surface area contributed by atoms with Crippen LogP contribution in [-0.4, -0.2) is 56.4 Å². The Bertz CT molecular complexity index is 381. The summed E-state index contributed by atoms with van der Waals surface area (Å²) >= 11 is 0. The summed E-state index contributed by atoms with van der Waals surface area (Å²) < 4.78 is 26.2. The van der Waals surface area contributed by atoms with Crippen LogP contribution >= 0.6 is 0 Å². The van der Waals surface area contributed by atoms with Crippen molar-refractivity contribution in [2.75, 3.05) is 20.6 Å². The lowest BCUT2D eigenvalue weighted by molar-refractivity contribution is -0.137. The molecular formula is C8H17N3O5S. The zero-order chi connectivity index (χ0) is 13.6. The summed E-state index contributed by atoms with van der Waals surface area (Å²) in [5.74, 6) is -1.56. The monoisotopic (exact) mass is 267 g/mol. The molecule has 0 fully saturated rings. The van der Waals surface area contributed by atoms with Gasteiger partial charge in [-0.3, -0.25) is 9.59 Å². The second-order valence-corrected chi connectivity index (χ2v) is 5.23. The van der Waals surface area contributed by atoms with E-state index >= 15 is 0 Å². The van der Waals surface area contributed by atoms with Crippen molar-refractivity contribution in [3.8, 4) is 0 Å². The molecule has 1 unspecified atom stereocenters. The maximum absolute atomic E-state index is 11.6. The van der Waals surface area contributed by atoms with Crippen molar-refractivity contribution in [2.24, 2.45) is 0 Å². The highest BCUT2D eigenvalue weighted by Crippen LogP contribution is 1.98. The van der Waals surface area contributed by atoms with Gasteiger partial charge in [0.2, 0.25) is 5.91 Å². The summed E-state index contributed by atoms with van der Waals surface area (Å²) in [6.07, 6.45) is -0.300. The molecule has 1 amide bonds. The second-order valence-electron chi connectivity index (χ2n) is 3.42. The first-order valence-electron chi connectivity index (χ1n) is 4.87. The molecule has 3 N–H and O–H groups in total.